The summed E-state index contributed by atoms with van der Waals surface area (Å²) in [4.78, 5) is 31.0. The van der Waals surface area contributed by atoms with Gasteiger partial charge in [0.15, 0.2) is 0 Å². The third-order valence-corrected chi connectivity index (χ3v) is 7.96. The number of aromatic nitrogens is 3. The van der Waals surface area contributed by atoms with E-state index in [4.69, 9.17) is 27.9 Å². The van der Waals surface area contributed by atoms with Gasteiger partial charge in [-0.25, -0.2) is 0 Å². The molecule has 1 aromatic heterocycles. The average Bonchev–Trinajstić information content (AvgIpc) is 3.01. The predicted octanol–water partition coefficient (Wildman–Crippen LogP) is 1.97. The van der Waals surface area contributed by atoms with Crippen LogP contribution in [0.2, 0.25) is 0 Å². The lowest BCUT2D eigenvalue weighted by Crippen LogP contribution is -2.54. The molecule has 4 aromatic rings. The van der Waals surface area contributed by atoms with Gasteiger partial charge in [0, 0.05) is 67.8 Å². The Morgan fingerprint density at radius 2 is 1.20 bits per heavy atom. The van der Waals surface area contributed by atoms with Crippen molar-refractivity contribution in [2.75, 3.05) is 46.6 Å². The van der Waals surface area contributed by atoms with E-state index in [2.05, 4.69) is 20.6 Å². The first-order valence-corrected chi connectivity index (χ1v) is 15.1. The number of piperidine rings is 2. The Bertz CT molecular complexity index is 1570. The van der Waals surface area contributed by atoms with Gasteiger partial charge in [-0.15, -0.1) is 0 Å². The highest BCUT2D eigenvalue weighted by molar-refractivity contribution is 6.06. The van der Waals surface area contributed by atoms with Gasteiger partial charge in [0.1, 0.15) is 5.75 Å². The standard InChI is InChI=1S/C32H39N11O2/c33-21-12-22(34)16-42(15-21)31-39-30(40-32(41-31)43-17-23(35)13-24(36)18-43)38-26-10-11-27(28(44)14-26)29(45)37-25-8-6-20(7-9-25)19-4-2-1-3-5-19/h1-11,14,21-24,44H,12-13,15-18,33-36H2,(H,37,45)(H,38,39,40,41)/t21-,22+,23-,24+. The van der Waals surface area contributed by atoms with Gasteiger partial charge in [0.2, 0.25) is 17.8 Å². The highest BCUT2D eigenvalue weighted by Gasteiger charge is 2.29. The molecule has 45 heavy (non-hydrogen) atoms. The molecule has 0 aliphatic carbocycles. The molecular formula is C32H39N11O2. The van der Waals surface area contributed by atoms with E-state index in [1.165, 1.54) is 6.07 Å². The number of amides is 1. The van der Waals surface area contributed by atoms with Crippen molar-refractivity contribution in [3.63, 3.8) is 0 Å². The Balaban J connectivity index is 1.20. The van der Waals surface area contributed by atoms with Crippen molar-refractivity contribution in [1.82, 2.24) is 15.0 Å². The molecule has 0 unspecified atom stereocenters. The minimum atomic E-state index is -0.438. The number of carbonyl (C=O) groups is 1. The molecular weight excluding hydrogens is 570 g/mol. The summed E-state index contributed by atoms with van der Waals surface area (Å²) in [6.07, 6.45) is 1.43. The fraction of sp³-hybridized carbons (Fsp3) is 0.312. The van der Waals surface area contributed by atoms with Gasteiger partial charge in [-0.3, -0.25) is 4.79 Å². The topological polar surface area (TPSA) is 211 Å². The predicted molar refractivity (Wildman–Crippen MR) is 177 cm³/mol. The zero-order valence-electron chi connectivity index (χ0n) is 24.9. The third-order valence-electron chi connectivity index (χ3n) is 7.96. The Hall–Kier alpha value is -4.82. The van der Waals surface area contributed by atoms with Gasteiger partial charge in [0.25, 0.3) is 5.91 Å². The summed E-state index contributed by atoms with van der Waals surface area (Å²) < 4.78 is 0. The second kappa shape index (κ2) is 13.0. The van der Waals surface area contributed by atoms with Crippen LogP contribution in [0.3, 0.4) is 0 Å². The molecule has 13 heteroatoms. The smallest absolute Gasteiger partial charge is 0.259 e. The van der Waals surface area contributed by atoms with Crippen molar-refractivity contribution in [1.29, 1.82) is 0 Å². The van der Waals surface area contributed by atoms with Gasteiger partial charge in [-0.2, -0.15) is 15.0 Å². The quantitative estimate of drug-likeness (QED) is 0.160. The van der Waals surface area contributed by atoms with E-state index in [0.717, 1.165) is 11.1 Å². The number of anilines is 5. The van der Waals surface area contributed by atoms with E-state index < -0.39 is 5.91 Å². The second-order valence-corrected chi connectivity index (χ2v) is 11.8. The SMILES string of the molecule is N[C@@H]1C[C@H](N)CN(c2nc(Nc3ccc(C(=O)Nc4ccc(-c5ccccc5)cc4)c(O)c3)nc(N3C[C@H](N)C[C@H](N)C3)n2)C1. The maximum absolute atomic E-state index is 13.0. The third kappa shape index (κ3) is 7.29. The molecule has 2 fully saturated rings. The van der Waals surface area contributed by atoms with Gasteiger partial charge in [-0.1, -0.05) is 42.5 Å². The molecule has 2 aliphatic heterocycles. The van der Waals surface area contributed by atoms with E-state index in [-0.39, 0.29) is 41.4 Å². The fourth-order valence-electron chi connectivity index (χ4n) is 5.88. The average molecular weight is 610 g/mol. The molecule has 13 nitrogen and oxygen atoms in total. The molecule has 1 amide bonds. The largest absolute Gasteiger partial charge is 0.507 e. The van der Waals surface area contributed by atoms with Crippen LogP contribution < -0.4 is 43.4 Å². The highest BCUT2D eigenvalue weighted by Crippen LogP contribution is 2.28. The zero-order chi connectivity index (χ0) is 31.5. The van der Waals surface area contributed by atoms with Crippen molar-refractivity contribution in [3.05, 3.63) is 78.4 Å². The molecule has 6 rings (SSSR count). The molecule has 0 bridgehead atoms. The molecule has 0 radical (unpaired) electrons. The Labute approximate surface area is 261 Å². The molecule has 3 heterocycles. The monoisotopic (exact) mass is 609 g/mol. The minimum Gasteiger partial charge on any atom is -0.507 e. The summed E-state index contributed by atoms with van der Waals surface area (Å²) >= 11 is 0. The molecule has 2 saturated heterocycles. The molecule has 11 N–H and O–H groups in total. The van der Waals surface area contributed by atoms with Gasteiger partial charge < -0.3 is 48.5 Å². The van der Waals surface area contributed by atoms with Crippen molar-refractivity contribution in [2.24, 2.45) is 22.9 Å². The lowest BCUT2D eigenvalue weighted by atomic mass is 10.0. The fourth-order valence-corrected chi connectivity index (χ4v) is 5.88. The van der Waals surface area contributed by atoms with Crippen LogP contribution in [-0.2, 0) is 0 Å². The summed E-state index contributed by atoms with van der Waals surface area (Å²) in [5.74, 6) is 0.477. The first kappa shape index (κ1) is 30.2. The molecule has 0 saturated carbocycles. The van der Waals surface area contributed by atoms with E-state index in [1.807, 2.05) is 64.4 Å². The number of phenolic OH excluding ortho intramolecular Hbond substituents is 1. The normalized spacial score (nSPS) is 21.8. The van der Waals surface area contributed by atoms with Crippen LogP contribution in [0.15, 0.2) is 72.8 Å². The summed E-state index contributed by atoms with van der Waals surface area (Å²) in [7, 11) is 0. The first-order chi connectivity index (χ1) is 21.7. The number of nitrogens with one attached hydrogen (secondary N) is 2. The van der Waals surface area contributed by atoms with Crippen molar-refractivity contribution in [2.45, 2.75) is 37.0 Å². The van der Waals surface area contributed by atoms with Crippen molar-refractivity contribution >= 4 is 35.1 Å². The Kier molecular flexibility index (Phi) is 8.76. The second-order valence-electron chi connectivity index (χ2n) is 11.8. The summed E-state index contributed by atoms with van der Waals surface area (Å²) in [5, 5.41) is 16.8. The van der Waals surface area contributed by atoms with E-state index in [1.54, 1.807) is 12.1 Å². The maximum Gasteiger partial charge on any atom is 0.259 e. The Morgan fingerprint density at radius 1 is 0.689 bits per heavy atom. The number of rotatable bonds is 7. The molecule has 2 aliphatic rings. The number of hydrogen-bond acceptors (Lipinski definition) is 12. The number of aromatic hydroxyl groups is 1. The van der Waals surface area contributed by atoms with Gasteiger partial charge in [0.05, 0.1) is 5.56 Å². The van der Waals surface area contributed by atoms with Crippen LogP contribution in [0, 0.1) is 0 Å². The van der Waals surface area contributed by atoms with Crippen LogP contribution in [-0.4, -0.2) is 76.3 Å². The zero-order valence-corrected chi connectivity index (χ0v) is 24.9. The van der Waals surface area contributed by atoms with Crippen LogP contribution in [0.1, 0.15) is 23.2 Å². The molecule has 3 aromatic carbocycles. The van der Waals surface area contributed by atoms with Gasteiger partial charge >= 0.3 is 0 Å². The summed E-state index contributed by atoms with van der Waals surface area (Å²) in [6.45, 7) is 2.20. The minimum absolute atomic E-state index is 0.111. The number of phenols is 1. The van der Waals surface area contributed by atoms with Crippen LogP contribution in [0.5, 0.6) is 5.75 Å². The number of nitrogens with two attached hydrogens (primary N) is 4. The van der Waals surface area contributed by atoms with Crippen LogP contribution in [0.4, 0.5) is 29.2 Å². The molecule has 4 atom stereocenters. The van der Waals surface area contributed by atoms with E-state index >= 15 is 0 Å². The van der Waals surface area contributed by atoms with Crippen LogP contribution in [0.25, 0.3) is 11.1 Å². The lowest BCUT2D eigenvalue weighted by Gasteiger charge is -2.37. The van der Waals surface area contributed by atoms with Crippen molar-refractivity contribution < 1.29 is 9.90 Å². The summed E-state index contributed by atoms with van der Waals surface area (Å²) in [6, 6.07) is 21.7. The van der Waals surface area contributed by atoms with Crippen molar-refractivity contribution in [3.8, 4) is 16.9 Å². The van der Waals surface area contributed by atoms with E-state index in [0.29, 0.717) is 62.3 Å². The number of carbonyl (C=O) groups excluding carboxylic acids is 1. The van der Waals surface area contributed by atoms with E-state index in [9.17, 15) is 9.90 Å². The Morgan fingerprint density at radius 3 is 1.73 bits per heavy atom. The maximum atomic E-state index is 13.0. The summed E-state index contributed by atoms with van der Waals surface area (Å²) in [5.41, 5.74) is 28.4. The number of benzene rings is 3. The molecule has 0 spiro atoms. The van der Waals surface area contributed by atoms with Crippen LogP contribution >= 0.6 is 0 Å². The molecule has 234 valence electrons. The number of hydrogen-bond donors (Lipinski definition) is 7. The lowest BCUT2D eigenvalue weighted by molar-refractivity contribution is 0.102. The highest BCUT2D eigenvalue weighted by atomic mass is 16.3. The first-order valence-electron chi connectivity index (χ1n) is 15.1. The van der Waals surface area contributed by atoms with Gasteiger partial charge in [-0.05, 0) is 48.2 Å². The number of nitrogens with zero attached hydrogens (tertiary/aromatic N) is 5.